The molecule has 17 heavy (non-hydrogen) atoms. The van der Waals surface area contributed by atoms with E-state index in [1.54, 1.807) is 6.26 Å². The lowest BCUT2D eigenvalue weighted by molar-refractivity contribution is 0.476. The van der Waals surface area contributed by atoms with E-state index in [1.165, 1.54) is 0 Å². The summed E-state index contributed by atoms with van der Waals surface area (Å²) < 4.78 is 10.6. The monoisotopic (exact) mass is 250 g/mol. The molecule has 0 aromatic carbocycles. The molecule has 0 fully saturated rings. The predicted octanol–water partition coefficient (Wildman–Crippen LogP) is 2.35. The molecule has 0 aliphatic carbocycles. The van der Waals surface area contributed by atoms with Crippen LogP contribution in [0.25, 0.3) is 0 Å². The average molecular weight is 250 g/mol. The quantitative estimate of drug-likeness (QED) is 0.816. The molecule has 2 rings (SSSR count). The number of nitrogens with one attached hydrogen (secondary N) is 2. The Kier molecular flexibility index (Phi) is 3.82. The molecular formula is C12H14N2O2S. The highest BCUT2D eigenvalue weighted by atomic mass is 32.1. The van der Waals surface area contributed by atoms with Crippen LogP contribution in [0.4, 0.5) is 0 Å². The average Bonchev–Trinajstić information content (AvgIpc) is 2.95. The van der Waals surface area contributed by atoms with E-state index < -0.39 is 0 Å². The largest absolute Gasteiger partial charge is 0.467 e. The SMILES string of the molecule is Cc1ccc(CNC(=S)NCc2ccco2)o1. The van der Waals surface area contributed by atoms with Crippen molar-refractivity contribution >= 4 is 17.3 Å². The standard InChI is InChI=1S/C12H14N2O2S/c1-9-4-5-11(16-9)8-14-12(17)13-7-10-3-2-6-15-10/h2-6H,7-8H2,1H3,(H2,13,14,17). The molecule has 2 aromatic rings. The number of thiocarbonyl (C=S) groups is 1. The van der Waals surface area contributed by atoms with Crippen molar-refractivity contribution in [2.45, 2.75) is 20.0 Å². The fourth-order valence-electron chi connectivity index (χ4n) is 1.39. The summed E-state index contributed by atoms with van der Waals surface area (Å²) in [6.45, 7) is 3.07. The second-order valence-corrected chi connectivity index (χ2v) is 4.04. The van der Waals surface area contributed by atoms with E-state index in [0.29, 0.717) is 18.2 Å². The van der Waals surface area contributed by atoms with Gasteiger partial charge in [-0.15, -0.1) is 0 Å². The van der Waals surface area contributed by atoms with Crippen molar-refractivity contribution in [3.8, 4) is 0 Å². The molecule has 2 heterocycles. The van der Waals surface area contributed by atoms with Gasteiger partial charge in [-0.1, -0.05) is 0 Å². The van der Waals surface area contributed by atoms with Crippen molar-refractivity contribution in [1.29, 1.82) is 0 Å². The molecule has 2 aromatic heterocycles. The Bertz CT molecular complexity index is 476. The minimum Gasteiger partial charge on any atom is -0.467 e. The molecular weight excluding hydrogens is 236 g/mol. The van der Waals surface area contributed by atoms with E-state index in [9.17, 15) is 0 Å². The van der Waals surface area contributed by atoms with Crippen LogP contribution in [0, 0.1) is 6.92 Å². The van der Waals surface area contributed by atoms with Gasteiger partial charge < -0.3 is 19.5 Å². The number of rotatable bonds is 4. The van der Waals surface area contributed by atoms with Crippen LogP contribution < -0.4 is 10.6 Å². The smallest absolute Gasteiger partial charge is 0.167 e. The van der Waals surface area contributed by atoms with Gasteiger partial charge in [-0.3, -0.25) is 0 Å². The van der Waals surface area contributed by atoms with Gasteiger partial charge in [0.05, 0.1) is 19.4 Å². The fourth-order valence-corrected chi connectivity index (χ4v) is 1.53. The van der Waals surface area contributed by atoms with Crippen molar-refractivity contribution in [1.82, 2.24) is 10.6 Å². The molecule has 5 heteroatoms. The Balaban J connectivity index is 1.71. The van der Waals surface area contributed by atoms with Crippen molar-refractivity contribution in [2.75, 3.05) is 0 Å². The van der Waals surface area contributed by atoms with E-state index in [0.717, 1.165) is 17.3 Å². The summed E-state index contributed by atoms with van der Waals surface area (Å²) in [4.78, 5) is 0. The highest BCUT2D eigenvalue weighted by molar-refractivity contribution is 7.80. The maximum Gasteiger partial charge on any atom is 0.167 e. The van der Waals surface area contributed by atoms with Crippen molar-refractivity contribution in [2.24, 2.45) is 0 Å². The van der Waals surface area contributed by atoms with Crippen LogP contribution in [-0.4, -0.2) is 5.11 Å². The van der Waals surface area contributed by atoms with E-state index in [1.807, 2.05) is 31.2 Å². The first-order valence-corrected chi connectivity index (χ1v) is 5.74. The van der Waals surface area contributed by atoms with Crippen molar-refractivity contribution in [3.63, 3.8) is 0 Å². The molecule has 2 N–H and O–H groups in total. The number of hydrogen-bond acceptors (Lipinski definition) is 3. The highest BCUT2D eigenvalue weighted by Crippen LogP contribution is 2.05. The van der Waals surface area contributed by atoms with Gasteiger partial charge in [-0.05, 0) is 43.4 Å². The Hall–Kier alpha value is -1.75. The first-order chi connectivity index (χ1) is 8.24. The van der Waals surface area contributed by atoms with Gasteiger partial charge in [0.15, 0.2) is 5.11 Å². The summed E-state index contributed by atoms with van der Waals surface area (Å²) in [5, 5.41) is 6.69. The first kappa shape index (κ1) is 11.7. The molecule has 90 valence electrons. The molecule has 0 aliphatic rings. The maximum atomic E-state index is 5.42. The summed E-state index contributed by atoms with van der Waals surface area (Å²) in [6.07, 6.45) is 1.64. The van der Waals surface area contributed by atoms with Crippen LogP contribution in [0.1, 0.15) is 17.3 Å². The molecule has 0 aliphatic heterocycles. The molecule has 0 radical (unpaired) electrons. The molecule has 0 unspecified atom stereocenters. The molecule has 0 spiro atoms. The third kappa shape index (κ3) is 3.64. The fraction of sp³-hybridized carbons (Fsp3) is 0.250. The summed E-state index contributed by atoms with van der Waals surface area (Å²) in [7, 11) is 0. The summed E-state index contributed by atoms with van der Waals surface area (Å²) >= 11 is 5.13. The van der Waals surface area contributed by atoms with E-state index >= 15 is 0 Å². The van der Waals surface area contributed by atoms with E-state index in [2.05, 4.69) is 10.6 Å². The van der Waals surface area contributed by atoms with Gasteiger partial charge in [-0.25, -0.2) is 0 Å². The number of aryl methyl sites for hydroxylation is 1. The van der Waals surface area contributed by atoms with Crippen molar-refractivity contribution < 1.29 is 8.83 Å². The lowest BCUT2D eigenvalue weighted by Crippen LogP contribution is -2.34. The first-order valence-electron chi connectivity index (χ1n) is 5.33. The third-order valence-electron chi connectivity index (χ3n) is 2.22. The van der Waals surface area contributed by atoms with Gasteiger partial charge in [0.25, 0.3) is 0 Å². The van der Waals surface area contributed by atoms with E-state index in [-0.39, 0.29) is 0 Å². The lowest BCUT2D eigenvalue weighted by atomic mass is 10.4. The minimum atomic E-state index is 0.579. The zero-order chi connectivity index (χ0) is 12.1. The van der Waals surface area contributed by atoms with Gasteiger partial charge in [0, 0.05) is 0 Å². The highest BCUT2D eigenvalue weighted by Gasteiger charge is 2.01. The molecule has 0 saturated carbocycles. The summed E-state index contributed by atoms with van der Waals surface area (Å²) in [5.74, 6) is 2.61. The minimum absolute atomic E-state index is 0.579. The molecule has 0 bridgehead atoms. The third-order valence-corrected chi connectivity index (χ3v) is 2.51. The normalized spacial score (nSPS) is 10.2. The lowest BCUT2D eigenvalue weighted by Gasteiger charge is -2.07. The zero-order valence-corrected chi connectivity index (χ0v) is 10.3. The second kappa shape index (κ2) is 5.54. The summed E-state index contributed by atoms with van der Waals surface area (Å²) in [5.41, 5.74) is 0. The van der Waals surface area contributed by atoms with Crippen LogP contribution in [0.3, 0.4) is 0 Å². The van der Waals surface area contributed by atoms with Crippen molar-refractivity contribution in [3.05, 3.63) is 47.8 Å². The Morgan fingerprint density at radius 2 is 1.94 bits per heavy atom. The molecule has 4 nitrogen and oxygen atoms in total. The summed E-state index contributed by atoms with van der Waals surface area (Å²) in [6, 6.07) is 7.60. The second-order valence-electron chi connectivity index (χ2n) is 3.63. The van der Waals surface area contributed by atoms with Crippen LogP contribution >= 0.6 is 12.2 Å². The van der Waals surface area contributed by atoms with Crippen LogP contribution in [-0.2, 0) is 13.1 Å². The molecule has 0 amide bonds. The van der Waals surface area contributed by atoms with Crippen LogP contribution in [0.2, 0.25) is 0 Å². The Labute approximate surface area is 105 Å². The number of furan rings is 2. The zero-order valence-electron chi connectivity index (χ0n) is 9.53. The van der Waals surface area contributed by atoms with Crippen LogP contribution in [0.15, 0.2) is 39.4 Å². The van der Waals surface area contributed by atoms with E-state index in [4.69, 9.17) is 21.1 Å². The molecule has 0 saturated heterocycles. The topological polar surface area (TPSA) is 50.3 Å². The number of hydrogen-bond donors (Lipinski definition) is 2. The van der Waals surface area contributed by atoms with Crippen LogP contribution in [0.5, 0.6) is 0 Å². The predicted molar refractivity (Wildman–Crippen MR) is 68.4 cm³/mol. The Morgan fingerprint density at radius 1 is 1.18 bits per heavy atom. The van der Waals surface area contributed by atoms with Gasteiger partial charge >= 0.3 is 0 Å². The van der Waals surface area contributed by atoms with Gasteiger partial charge in [0.2, 0.25) is 0 Å². The van der Waals surface area contributed by atoms with Gasteiger partial charge in [0.1, 0.15) is 17.3 Å². The van der Waals surface area contributed by atoms with Gasteiger partial charge in [-0.2, -0.15) is 0 Å². The Morgan fingerprint density at radius 3 is 2.53 bits per heavy atom. The molecule has 0 atom stereocenters. The maximum absolute atomic E-state index is 5.42.